The number of carbonyl (C=O) groups excluding carboxylic acids is 3. The predicted molar refractivity (Wildman–Crippen MR) is 74.0 cm³/mol. The van der Waals surface area contributed by atoms with Gasteiger partial charge >= 0.3 is 24.1 Å². The Morgan fingerprint density at radius 3 is 2.45 bits per heavy atom. The number of aliphatic carboxylic acids is 1. The van der Waals surface area contributed by atoms with Gasteiger partial charge in [-0.05, 0) is 5.56 Å². The van der Waals surface area contributed by atoms with Crippen LogP contribution in [0.3, 0.4) is 0 Å². The van der Waals surface area contributed by atoms with Crippen molar-refractivity contribution in [3.8, 4) is 0 Å². The number of benzene rings is 1. The van der Waals surface area contributed by atoms with Gasteiger partial charge in [0.25, 0.3) is 0 Å². The molecule has 1 aliphatic heterocycles. The van der Waals surface area contributed by atoms with Crippen LogP contribution in [0.5, 0.6) is 0 Å². The van der Waals surface area contributed by atoms with Gasteiger partial charge in [0, 0.05) is 13.1 Å². The molecule has 116 valence electrons. The number of imide groups is 2. The Kier molecular flexibility index (Phi) is 4.57. The number of hydrogen-bond donors (Lipinski definition) is 4. The van der Waals surface area contributed by atoms with Gasteiger partial charge in [0.1, 0.15) is 0 Å². The molecule has 1 saturated heterocycles. The summed E-state index contributed by atoms with van der Waals surface area (Å²) >= 11 is 0. The molecule has 1 heterocycles. The minimum atomic E-state index is -1.30. The largest absolute Gasteiger partial charge is 0.479 e. The number of hydrogen-bond acceptors (Lipinski definition) is 4. The van der Waals surface area contributed by atoms with E-state index < -0.39 is 30.1 Å². The number of carbonyl (C=O) groups is 4. The fraction of sp³-hybridized carbons (Fsp3) is 0.231. The standard InChI is InChI=1S/C13H14N4O5/c18-10(19)9(8-4-2-1-3-5-8)15-11(20)16-13(22)17-7-6-14-12(17)21/h1-5,9H,6-7H2,(H,14,21)(H,18,19)(H2,15,16,20,22). The van der Waals surface area contributed by atoms with Gasteiger partial charge in [0.15, 0.2) is 6.04 Å². The molecule has 0 aliphatic carbocycles. The quantitative estimate of drug-likeness (QED) is 0.636. The van der Waals surface area contributed by atoms with Crippen LogP contribution < -0.4 is 16.0 Å². The molecule has 1 aliphatic rings. The second-order valence-electron chi connectivity index (χ2n) is 4.47. The molecule has 1 aromatic carbocycles. The first kappa shape index (κ1) is 15.3. The van der Waals surface area contributed by atoms with Crippen LogP contribution in [-0.4, -0.2) is 47.2 Å². The molecule has 0 radical (unpaired) electrons. The van der Waals surface area contributed by atoms with Crippen molar-refractivity contribution in [2.75, 3.05) is 13.1 Å². The Balaban J connectivity index is 1.98. The molecule has 0 bridgehead atoms. The van der Waals surface area contributed by atoms with Gasteiger partial charge in [-0.25, -0.2) is 24.1 Å². The van der Waals surface area contributed by atoms with Crippen molar-refractivity contribution >= 4 is 24.1 Å². The Morgan fingerprint density at radius 1 is 1.23 bits per heavy atom. The molecule has 1 aromatic rings. The highest BCUT2D eigenvalue weighted by Crippen LogP contribution is 2.12. The van der Waals surface area contributed by atoms with E-state index in [1.165, 1.54) is 12.1 Å². The lowest BCUT2D eigenvalue weighted by Crippen LogP contribution is -2.49. The summed E-state index contributed by atoms with van der Waals surface area (Å²) in [4.78, 5) is 46.8. The highest BCUT2D eigenvalue weighted by atomic mass is 16.4. The molecule has 6 amide bonds. The number of urea groups is 3. The molecule has 1 unspecified atom stereocenters. The summed E-state index contributed by atoms with van der Waals surface area (Å²) in [5.74, 6) is -1.27. The van der Waals surface area contributed by atoms with Crippen LogP contribution >= 0.6 is 0 Å². The van der Waals surface area contributed by atoms with Gasteiger partial charge in [-0.1, -0.05) is 30.3 Å². The lowest BCUT2D eigenvalue weighted by Gasteiger charge is -2.17. The summed E-state index contributed by atoms with van der Waals surface area (Å²) in [5.41, 5.74) is 0.358. The first-order valence-corrected chi connectivity index (χ1v) is 6.43. The van der Waals surface area contributed by atoms with Gasteiger partial charge in [-0.2, -0.15) is 0 Å². The van der Waals surface area contributed by atoms with Crippen molar-refractivity contribution in [2.24, 2.45) is 0 Å². The molecular weight excluding hydrogens is 292 g/mol. The monoisotopic (exact) mass is 306 g/mol. The number of nitrogens with zero attached hydrogens (tertiary/aromatic N) is 1. The molecule has 4 N–H and O–H groups in total. The van der Waals surface area contributed by atoms with E-state index in [1.807, 2.05) is 5.32 Å². The molecule has 1 atom stereocenters. The van der Waals surface area contributed by atoms with Crippen molar-refractivity contribution in [3.63, 3.8) is 0 Å². The minimum Gasteiger partial charge on any atom is -0.479 e. The predicted octanol–water partition coefficient (Wildman–Crippen LogP) is 0.257. The molecule has 2 rings (SSSR count). The average Bonchev–Trinajstić information content (AvgIpc) is 2.91. The van der Waals surface area contributed by atoms with Crippen LogP contribution in [0.15, 0.2) is 30.3 Å². The number of rotatable bonds is 3. The lowest BCUT2D eigenvalue weighted by molar-refractivity contribution is -0.139. The molecule has 9 heteroatoms. The summed E-state index contributed by atoms with van der Waals surface area (Å²) in [6, 6.07) is 4.21. The smallest absolute Gasteiger partial charge is 0.333 e. The first-order valence-electron chi connectivity index (χ1n) is 6.43. The zero-order valence-corrected chi connectivity index (χ0v) is 11.4. The van der Waals surface area contributed by atoms with Crippen molar-refractivity contribution in [3.05, 3.63) is 35.9 Å². The third-order valence-corrected chi connectivity index (χ3v) is 2.98. The average molecular weight is 306 g/mol. The van der Waals surface area contributed by atoms with Crippen LogP contribution in [0.25, 0.3) is 0 Å². The Morgan fingerprint density at radius 2 is 1.91 bits per heavy atom. The van der Waals surface area contributed by atoms with E-state index in [4.69, 9.17) is 5.11 Å². The van der Waals surface area contributed by atoms with E-state index in [1.54, 1.807) is 18.2 Å². The van der Waals surface area contributed by atoms with Crippen molar-refractivity contribution in [2.45, 2.75) is 6.04 Å². The molecule has 9 nitrogen and oxygen atoms in total. The normalized spacial score (nSPS) is 14.9. The molecule has 1 fully saturated rings. The van der Waals surface area contributed by atoms with Gasteiger partial charge in [0.2, 0.25) is 0 Å². The number of carboxylic acid groups (broad SMARTS) is 1. The number of amides is 6. The third kappa shape index (κ3) is 3.51. The highest BCUT2D eigenvalue weighted by Gasteiger charge is 2.29. The van der Waals surface area contributed by atoms with E-state index in [0.717, 1.165) is 4.90 Å². The Labute approximate surface area is 125 Å². The first-order chi connectivity index (χ1) is 10.5. The zero-order chi connectivity index (χ0) is 16.1. The highest BCUT2D eigenvalue weighted by molar-refractivity contribution is 6.02. The zero-order valence-electron chi connectivity index (χ0n) is 11.4. The maximum absolute atomic E-state index is 11.7. The molecule has 22 heavy (non-hydrogen) atoms. The van der Waals surface area contributed by atoms with Crippen LogP contribution in [0.1, 0.15) is 11.6 Å². The fourth-order valence-electron chi connectivity index (χ4n) is 1.93. The SMILES string of the molecule is O=C(NC(=O)N1CCNC1=O)NC(C(=O)O)c1ccccc1. The maximum atomic E-state index is 11.7. The summed E-state index contributed by atoms with van der Waals surface area (Å²) in [7, 11) is 0. The van der Waals surface area contributed by atoms with Gasteiger partial charge in [0.05, 0.1) is 0 Å². The van der Waals surface area contributed by atoms with Crippen LogP contribution in [0.2, 0.25) is 0 Å². The lowest BCUT2D eigenvalue weighted by atomic mass is 10.1. The third-order valence-electron chi connectivity index (χ3n) is 2.98. The summed E-state index contributed by atoms with van der Waals surface area (Å²) in [6.07, 6.45) is 0. The minimum absolute atomic E-state index is 0.138. The molecule has 0 saturated carbocycles. The van der Waals surface area contributed by atoms with Gasteiger partial charge in [-0.3, -0.25) is 5.32 Å². The van der Waals surface area contributed by atoms with Crippen LogP contribution in [0.4, 0.5) is 14.4 Å². The second kappa shape index (κ2) is 6.57. The number of carboxylic acids is 1. The van der Waals surface area contributed by atoms with Crippen LogP contribution in [-0.2, 0) is 4.79 Å². The van der Waals surface area contributed by atoms with E-state index in [2.05, 4.69) is 10.6 Å². The maximum Gasteiger partial charge on any atom is 0.333 e. The van der Waals surface area contributed by atoms with Crippen molar-refractivity contribution in [1.29, 1.82) is 0 Å². The van der Waals surface area contributed by atoms with Crippen molar-refractivity contribution < 1.29 is 24.3 Å². The Bertz CT molecular complexity index is 604. The molecule has 0 aromatic heterocycles. The Hall–Kier alpha value is -3.10. The van der Waals surface area contributed by atoms with Gasteiger partial charge in [-0.15, -0.1) is 0 Å². The van der Waals surface area contributed by atoms with E-state index in [0.29, 0.717) is 12.1 Å². The van der Waals surface area contributed by atoms with Crippen LogP contribution in [0, 0.1) is 0 Å². The van der Waals surface area contributed by atoms with Gasteiger partial charge < -0.3 is 15.7 Å². The topological polar surface area (TPSA) is 128 Å². The summed E-state index contributed by atoms with van der Waals surface area (Å²) < 4.78 is 0. The summed E-state index contributed by atoms with van der Waals surface area (Å²) in [5, 5.41) is 15.7. The second-order valence-corrected chi connectivity index (χ2v) is 4.47. The molecular formula is C13H14N4O5. The number of nitrogens with one attached hydrogen (secondary N) is 3. The van der Waals surface area contributed by atoms with E-state index >= 15 is 0 Å². The summed E-state index contributed by atoms with van der Waals surface area (Å²) in [6.45, 7) is 0.439. The molecule has 0 spiro atoms. The van der Waals surface area contributed by atoms with E-state index in [-0.39, 0.29) is 6.54 Å². The van der Waals surface area contributed by atoms with E-state index in [9.17, 15) is 19.2 Å². The van der Waals surface area contributed by atoms with Crippen molar-refractivity contribution in [1.82, 2.24) is 20.9 Å². The fourth-order valence-corrected chi connectivity index (χ4v) is 1.93.